The minimum absolute atomic E-state index is 0.0612. The van der Waals surface area contributed by atoms with E-state index in [-0.39, 0.29) is 24.7 Å². The molecule has 2 atom stereocenters. The number of rotatable bonds is 5. The molecule has 1 aliphatic carbocycles. The first-order chi connectivity index (χ1) is 12.0. The Balaban J connectivity index is 1.46. The first kappa shape index (κ1) is 17.7. The van der Waals surface area contributed by atoms with E-state index in [9.17, 15) is 14.7 Å². The van der Waals surface area contributed by atoms with Gasteiger partial charge in [-0.2, -0.15) is 0 Å². The van der Waals surface area contributed by atoms with Gasteiger partial charge in [-0.05, 0) is 37.5 Å². The van der Waals surface area contributed by atoms with E-state index in [1.807, 2.05) is 0 Å². The highest BCUT2D eigenvalue weighted by atomic mass is 16.5. The van der Waals surface area contributed by atoms with E-state index in [2.05, 4.69) is 4.90 Å². The maximum absolute atomic E-state index is 12.3. The lowest BCUT2D eigenvalue weighted by atomic mass is 10.1. The van der Waals surface area contributed by atoms with Crippen molar-refractivity contribution in [1.29, 1.82) is 0 Å². The van der Waals surface area contributed by atoms with E-state index in [1.54, 1.807) is 23.1 Å². The zero-order valence-electron chi connectivity index (χ0n) is 14.3. The number of primary amides is 1. The Kier molecular flexibility index (Phi) is 5.55. The van der Waals surface area contributed by atoms with Crippen LogP contribution in [0.4, 0.5) is 0 Å². The van der Waals surface area contributed by atoms with Gasteiger partial charge in [0, 0.05) is 37.8 Å². The van der Waals surface area contributed by atoms with Crippen molar-refractivity contribution in [2.45, 2.75) is 31.4 Å². The molecule has 0 spiro atoms. The molecule has 1 saturated heterocycles. The molecule has 1 aliphatic heterocycles. The number of hydrogen-bond acceptors (Lipinski definition) is 5. The third-order valence-electron chi connectivity index (χ3n) is 5.06. The molecule has 0 radical (unpaired) electrons. The molecule has 1 aromatic carbocycles. The zero-order valence-corrected chi connectivity index (χ0v) is 14.3. The van der Waals surface area contributed by atoms with E-state index < -0.39 is 5.91 Å². The summed E-state index contributed by atoms with van der Waals surface area (Å²) in [4.78, 5) is 27.6. The predicted molar refractivity (Wildman–Crippen MR) is 92.3 cm³/mol. The summed E-state index contributed by atoms with van der Waals surface area (Å²) in [5, 5.41) is 10.0. The van der Waals surface area contributed by atoms with E-state index in [0.717, 1.165) is 32.4 Å². The Morgan fingerprint density at radius 1 is 1.20 bits per heavy atom. The summed E-state index contributed by atoms with van der Waals surface area (Å²) in [5.41, 5.74) is 5.59. The molecule has 1 aromatic rings. The molecule has 25 heavy (non-hydrogen) atoms. The summed E-state index contributed by atoms with van der Waals surface area (Å²) in [6, 6.07) is 6.75. The van der Waals surface area contributed by atoms with Crippen molar-refractivity contribution in [3.63, 3.8) is 0 Å². The Bertz CT molecular complexity index is 629. The second kappa shape index (κ2) is 7.84. The molecule has 0 aromatic heterocycles. The molecule has 1 saturated carbocycles. The molecule has 136 valence electrons. The number of amides is 2. The van der Waals surface area contributed by atoms with Gasteiger partial charge in [-0.3, -0.25) is 14.5 Å². The first-order valence-corrected chi connectivity index (χ1v) is 8.77. The number of aliphatic hydroxyl groups is 1. The van der Waals surface area contributed by atoms with Crippen molar-refractivity contribution in [1.82, 2.24) is 9.80 Å². The van der Waals surface area contributed by atoms with Gasteiger partial charge in [0.2, 0.25) is 5.91 Å². The van der Waals surface area contributed by atoms with Crippen LogP contribution in [0.25, 0.3) is 0 Å². The minimum atomic E-state index is -0.526. The van der Waals surface area contributed by atoms with Crippen LogP contribution in [0.2, 0.25) is 0 Å². The Labute approximate surface area is 147 Å². The highest BCUT2D eigenvalue weighted by molar-refractivity contribution is 5.93. The number of piperazine rings is 1. The van der Waals surface area contributed by atoms with Gasteiger partial charge in [0.1, 0.15) is 5.75 Å². The summed E-state index contributed by atoms with van der Waals surface area (Å²) >= 11 is 0. The van der Waals surface area contributed by atoms with Crippen molar-refractivity contribution in [3.8, 4) is 5.75 Å². The summed E-state index contributed by atoms with van der Waals surface area (Å²) < 4.78 is 5.50. The largest absolute Gasteiger partial charge is 0.484 e. The standard InChI is InChI=1S/C18H25N3O4/c19-18(24)13-3-1-4-14(11-13)25-12-17(23)21-9-7-20(8-10-21)15-5-2-6-16(15)22/h1,3-4,11,15-16,22H,2,5-10,12H2,(H2,19,24). The lowest BCUT2D eigenvalue weighted by Gasteiger charge is -2.39. The van der Waals surface area contributed by atoms with Crippen LogP contribution in [0.15, 0.2) is 24.3 Å². The highest BCUT2D eigenvalue weighted by Gasteiger charge is 2.33. The number of carbonyl (C=O) groups excluding carboxylic acids is 2. The maximum atomic E-state index is 12.3. The van der Waals surface area contributed by atoms with Gasteiger partial charge in [-0.15, -0.1) is 0 Å². The second-order valence-corrected chi connectivity index (χ2v) is 6.66. The number of aliphatic hydroxyl groups excluding tert-OH is 1. The van der Waals surface area contributed by atoms with Crippen LogP contribution in [0.3, 0.4) is 0 Å². The number of benzene rings is 1. The van der Waals surface area contributed by atoms with Crippen LogP contribution in [-0.2, 0) is 4.79 Å². The molecule has 1 heterocycles. The summed E-state index contributed by atoms with van der Waals surface area (Å²) in [6.45, 7) is 2.79. The fourth-order valence-corrected chi connectivity index (χ4v) is 3.63. The molecule has 2 unspecified atom stereocenters. The molecule has 2 aliphatic rings. The number of hydrogen-bond donors (Lipinski definition) is 2. The number of carbonyl (C=O) groups is 2. The maximum Gasteiger partial charge on any atom is 0.260 e. The van der Waals surface area contributed by atoms with Gasteiger partial charge in [0.25, 0.3) is 5.91 Å². The van der Waals surface area contributed by atoms with Crippen molar-refractivity contribution >= 4 is 11.8 Å². The molecule has 2 amide bonds. The summed E-state index contributed by atoms with van der Waals surface area (Å²) in [5.74, 6) is -0.143. The Morgan fingerprint density at radius 2 is 1.96 bits per heavy atom. The topological polar surface area (TPSA) is 96.1 Å². The van der Waals surface area contributed by atoms with Crippen LogP contribution >= 0.6 is 0 Å². The monoisotopic (exact) mass is 347 g/mol. The van der Waals surface area contributed by atoms with Gasteiger partial charge in [-0.25, -0.2) is 0 Å². The van der Waals surface area contributed by atoms with Crippen LogP contribution in [0.1, 0.15) is 29.6 Å². The number of nitrogens with zero attached hydrogens (tertiary/aromatic N) is 2. The van der Waals surface area contributed by atoms with Crippen molar-refractivity contribution in [2.24, 2.45) is 5.73 Å². The molecular formula is C18H25N3O4. The fourth-order valence-electron chi connectivity index (χ4n) is 3.63. The second-order valence-electron chi connectivity index (χ2n) is 6.66. The van der Waals surface area contributed by atoms with Gasteiger partial charge in [0.15, 0.2) is 6.61 Å². The number of ether oxygens (including phenoxy) is 1. The quantitative estimate of drug-likeness (QED) is 0.794. The first-order valence-electron chi connectivity index (χ1n) is 8.77. The normalized spacial score (nSPS) is 24.3. The van der Waals surface area contributed by atoms with Crippen LogP contribution in [0.5, 0.6) is 5.75 Å². The Hall–Kier alpha value is -2.12. The molecule has 3 rings (SSSR count). The number of nitrogens with two attached hydrogens (primary N) is 1. The Morgan fingerprint density at radius 3 is 2.60 bits per heavy atom. The highest BCUT2D eigenvalue weighted by Crippen LogP contribution is 2.25. The zero-order chi connectivity index (χ0) is 17.8. The van der Waals surface area contributed by atoms with Gasteiger partial charge in [0.05, 0.1) is 6.10 Å². The predicted octanol–water partition coefficient (Wildman–Crippen LogP) is 0.222. The van der Waals surface area contributed by atoms with E-state index in [1.165, 1.54) is 6.07 Å². The SMILES string of the molecule is NC(=O)c1cccc(OCC(=O)N2CCN(C3CCCC3O)CC2)c1. The summed E-state index contributed by atoms with van der Waals surface area (Å²) in [7, 11) is 0. The molecule has 2 fully saturated rings. The van der Waals surface area contributed by atoms with Crippen LogP contribution < -0.4 is 10.5 Å². The van der Waals surface area contributed by atoms with E-state index in [0.29, 0.717) is 24.4 Å². The molecule has 7 heteroatoms. The molecule has 0 bridgehead atoms. The average molecular weight is 347 g/mol. The summed E-state index contributed by atoms with van der Waals surface area (Å²) in [6.07, 6.45) is 2.75. The molecule has 7 nitrogen and oxygen atoms in total. The lowest BCUT2D eigenvalue weighted by molar-refractivity contribution is -0.135. The third-order valence-corrected chi connectivity index (χ3v) is 5.06. The lowest BCUT2D eigenvalue weighted by Crippen LogP contribution is -2.54. The average Bonchev–Trinajstić information content (AvgIpc) is 3.06. The van der Waals surface area contributed by atoms with E-state index in [4.69, 9.17) is 10.5 Å². The fraction of sp³-hybridized carbons (Fsp3) is 0.556. The molecular weight excluding hydrogens is 322 g/mol. The van der Waals surface area contributed by atoms with Gasteiger partial charge < -0.3 is 20.5 Å². The van der Waals surface area contributed by atoms with Crippen LogP contribution in [-0.4, -0.2) is 71.7 Å². The third kappa shape index (κ3) is 4.29. The van der Waals surface area contributed by atoms with E-state index >= 15 is 0 Å². The smallest absolute Gasteiger partial charge is 0.260 e. The van der Waals surface area contributed by atoms with Crippen molar-refractivity contribution in [2.75, 3.05) is 32.8 Å². The van der Waals surface area contributed by atoms with Crippen LogP contribution in [0, 0.1) is 0 Å². The van der Waals surface area contributed by atoms with Crippen molar-refractivity contribution in [3.05, 3.63) is 29.8 Å². The van der Waals surface area contributed by atoms with Gasteiger partial charge in [-0.1, -0.05) is 6.07 Å². The van der Waals surface area contributed by atoms with Gasteiger partial charge >= 0.3 is 0 Å². The minimum Gasteiger partial charge on any atom is -0.484 e. The molecule has 3 N–H and O–H groups in total. The van der Waals surface area contributed by atoms with Crippen molar-refractivity contribution < 1.29 is 19.4 Å².